The molecule has 0 unspecified atom stereocenters. The number of aromatic nitrogens is 3. The fourth-order valence-electron chi connectivity index (χ4n) is 4.28. The molecule has 0 aliphatic heterocycles. The molecule has 8 nitrogen and oxygen atoms in total. The van der Waals surface area contributed by atoms with Crippen molar-refractivity contribution in [2.75, 3.05) is 20.0 Å². The van der Waals surface area contributed by atoms with Crippen LogP contribution in [-0.2, 0) is 6.54 Å². The molecule has 5 rings (SSSR count). The van der Waals surface area contributed by atoms with Gasteiger partial charge in [0.2, 0.25) is 0 Å². The Kier molecular flexibility index (Phi) is 5.13. The fraction of sp³-hybridized carbons (Fsp3) is 0.154. The highest BCUT2D eigenvalue weighted by Gasteiger charge is 2.23. The van der Waals surface area contributed by atoms with Gasteiger partial charge in [-0.3, -0.25) is 4.79 Å². The monoisotopic (exact) mass is 456 g/mol. The van der Waals surface area contributed by atoms with E-state index >= 15 is 0 Å². The molecule has 0 aliphatic carbocycles. The summed E-state index contributed by atoms with van der Waals surface area (Å²) in [5, 5.41) is 16.3. The molecule has 0 spiro atoms. The summed E-state index contributed by atoms with van der Waals surface area (Å²) in [6.07, 6.45) is 0. The lowest BCUT2D eigenvalue weighted by Crippen LogP contribution is -2.22. The zero-order valence-corrected chi connectivity index (χ0v) is 19.1. The summed E-state index contributed by atoms with van der Waals surface area (Å²) in [6, 6.07) is 18.3. The van der Waals surface area contributed by atoms with Crippen LogP contribution in [0.3, 0.4) is 0 Å². The van der Waals surface area contributed by atoms with Gasteiger partial charge in [-0.2, -0.15) is 5.10 Å². The van der Waals surface area contributed by atoms with Crippen molar-refractivity contribution in [3.8, 4) is 22.9 Å². The largest absolute Gasteiger partial charge is 0.507 e. The van der Waals surface area contributed by atoms with E-state index in [-0.39, 0.29) is 29.1 Å². The molecule has 0 radical (unpaired) electrons. The highest BCUT2D eigenvalue weighted by atomic mass is 16.5. The summed E-state index contributed by atoms with van der Waals surface area (Å²) in [6.45, 7) is 2.21. The lowest BCUT2D eigenvalue weighted by atomic mass is 10.1. The summed E-state index contributed by atoms with van der Waals surface area (Å²) in [5.74, 6) is 1.32. The molecule has 2 aromatic heterocycles. The zero-order chi connectivity index (χ0) is 24.0. The molecule has 0 atom stereocenters. The Morgan fingerprint density at radius 2 is 1.68 bits per heavy atom. The molecule has 5 aromatic rings. The van der Waals surface area contributed by atoms with Gasteiger partial charge >= 0.3 is 0 Å². The van der Waals surface area contributed by atoms with Gasteiger partial charge in [-0.25, -0.2) is 4.68 Å². The molecule has 0 fully saturated rings. The molecule has 2 heterocycles. The Morgan fingerprint density at radius 1 is 0.971 bits per heavy atom. The number of nitrogen functional groups attached to an aromatic ring is 1. The average molecular weight is 457 g/mol. The lowest BCUT2D eigenvalue weighted by Gasteiger charge is -2.14. The van der Waals surface area contributed by atoms with E-state index in [1.807, 2.05) is 55.5 Å². The number of phenolic OH excluding ortho intramolecular Hbond substituents is 1. The first-order chi connectivity index (χ1) is 16.4. The highest BCUT2D eigenvalue weighted by Crippen LogP contribution is 2.36. The number of nitrogens with two attached hydrogens (primary N) is 1. The number of phenols is 1. The third-order valence-corrected chi connectivity index (χ3v) is 6.06. The predicted molar refractivity (Wildman–Crippen MR) is 132 cm³/mol. The van der Waals surface area contributed by atoms with Crippen LogP contribution in [0.1, 0.15) is 11.1 Å². The van der Waals surface area contributed by atoms with E-state index < -0.39 is 0 Å². The van der Waals surface area contributed by atoms with Gasteiger partial charge in [0, 0.05) is 12.1 Å². The van der Waals surface area contributed by atoms with Crippen molar-refractivity contribution in [2.45, 2.75) is 13.5 Å². The van der Waals surface area contributed by atoms with E-state index in [1.165, 1.54) is 13.2 Å². The van der Waals surface area contributed by atoms with Gasteiger partial charge in [-0.1, -0.05) is 30.3 Å². The van der Waals surface area contributed by atoms with Gasteiger partial charge < -0.3 is 24.9 Å². The van der Waals surface area contributed by atoms with Gasteiger partial charge in [-0.05, 0) is 36.2 Å². The van der Waals surface area contributed by atoms with Gasteiger partial charge in [0.1, 0.15) is 34.0 Å². The third kappa shape index (κ3) is 3.31. The maximum absolute atomic E-state index is 13.8. The molecule has 0 saturated carbocycles. The number of nitrogens with zero attached hydrogens (tertiary/aromatic N) is 3. The van der Waals surface area contributed by atoms with Gasteiger partial charge in [0.15, 0.2) is 0 Å². The van der Waals surface area contributed by atoms with Crippen molar-refractivity contribution in [3.63, 3.8) is 0 Å². The number of anilines is 1. The number of pyridine rings is 1. The normalized spacial score (nSPS) is 11.3. The van der Waals surface area contributed by atoms with Crippen LogP contribution >= 0.6 is 0 Å². The van der Waals surface area contributed by atoms with Crippen molar-refractivity contribution in [2.24, 2.45) is 0 Å². The van der Waals surface area contributed by atoms with E-state index in [1.54, 1.807) is 22.4 Å². The summed E-state index contributed by atoms with van der Waals surface area (Å²) >= 11 is 0. The van der Waals surface area contributed by atoms with Gasteiger partial charge in [-0.15, -0.1) is 0 Å². The Bertz CT molecular complexity index is 1600. The maximum Gasteiger partial charge on any atom is 0.264 e. The second-order valence-electron chi connectivity index (χ2n) is 8.09. The molecule has 3 aromatic carbocycles. The number of aryl methyl sites for hydroxylation is 1. The van der Waals surface area contributed by atoms with Crippen LogP contribution in [0.5, 0.6) is 17.2 Å². The number of ether oxygens (including phenoxy) is 2. The van der Waals surface area contributed by atoms with Crippen molar-refractivity contribution >= 4 is 27.6 Å². The first kappa shape index (κ1) is 21.4. The number of fused-ring (bicyclic) bond motifs is 3. The Morgan fingerprint density at radius 3 is 2.35 bits per heavy atom. The summed E-state index contributed by atoms with van der Waals surface area (Å²) in [5.41, 5.74) is 9.64. The number of rotatable bonds is 5. The van der Waals surface area contributed by atoms with Gasteiger partial charge in [0.25, 0.3) is 5.56 Å². The molecule has 0 saturated heterocycles. The number of hydrogen-bond donors (Lipinski definition) is 2. The second-order valence-corrected chi connectivity index (χ2v) is 8.09. The predicted octanol–water partition coefficient (Wildman–Crippen LogP) is 4.00. The lowest BCUT2D eigenvalue weighted by molar-refractivity contribution is 0.409. The Balaban J connectivity index is 1.85. The first-order valence-corrected chi connectivity index (χ1v) is 10.7. The third-order valence-electron chi connectivity index (χ3n) is 6.06. The van der Waals surface area contributed by atoms with Crippen molar-refractivity contribution < 1.29 is 14.6 Å². The van der Waals surface area contributed by atoms with Crippen LogP contribution < -0.4 is 20.8 Å². The van der Waals surface area contributed by atoms with Gasteiger partial charge in [0.05, 0.1) is 37.4 Å². The van der Waals surface area contributed by atoms with Crippen LogP contribution in [0.15, 0.2) is 65.5 Å². The quantitative estimate of drug-likeness (QED) is 0.414. The number of hydrogen-bond acceptors (Lipinski definition) is 6. The molecule has 3 N–H and O–H groups in total. The van der Waals surface area contributed by atoms with E-state index in [0.29, 0.717) is 22.2 Å². The second kappa shape index (κ2) is 8.15. The maximum atomic E-state index is 13.8. The highest BCUT2D eigenvalue weighted by molar-refractivity contribution is 6.10. The van der Waals surface area contributed by atoms with E-state index in [2.05, 4.69) is 5.10 Å². The molecular weight excluding hydrogens is 432 g/mol. The molecule has 172 valence electrons. The minimum atomic E-state index is -0.302. The van der Waals surface area contributed by atoms with Crippen molar-refractivity contribution in [1.29, 1.82) is 0 Å². The number of para-hydroxylation sites is 1. The fourth-order valence-corrected chi connectivity index (χ4v) is 4.28. The summed E-state index contributed by atoms with van der Waals surface area (Å²) in [4.78, 5) is 13.8. The molecule has 8 heteroatoms. The van der Waals surface area contributed by atoms with Crippen LogP contribution in [0.2, 0.25) is 0 Å². The van der Waals surface area contributed by atoms with Crippen molar-refractivity contribution in [3.05, 3.63) is 82.1 Å². The van der Waals surface area contributed by atoms with E-state index in [9.17, 15) is 9.90 Å². The van der Waals surface area contributed by atoms with E-state index in [0.717, 1.165) is 22.6 Å². The van der Waals surface area contributed by atoms with Crippen LogP contribution in [0, 0.1) is 6.92 Å². The van der Waals surface area contributed by atoms with Crippen molar-refractivity contribution in [1.82, 2.24) is 14.3 Å². The standard InChI is InChI=1S/C26H24N4O4/c1-15-6-4-5-7-19(15)30-25(27)23-24(28-30)22-20(12-18(34-3)13-21(22)31)29(26(23)32)14-16-8-10-17(33-2)11-9-16/h4-13,31H,14,27H2,1-3H3. The van der Waals surface area contributed by atoms with E-state index in [4.69, 9.17) is 15.2 Å². The smallest absolute Gasteiger partial charge is 0.264 e. The zero-order valence-electron chi connectivity index (χ0n) is 19.1. The topological polar surface area (TPSA) is 105 Å². The average Bonchev–Trinajstić information content (AvgIpc) is 3.18. The Hall–Kier alpha value is -4.46. The molecule has 34 heavy (non-hydrogen) atoms. The minimum absolute atomic E-state index is 0.0442. The molecule has 0 bridgehead atoms. The van der Waals surface area contributed by atoms with Crippen LogP contribution in [0.25, 0.3) is 27.5 Å². The molecular formula is C26H24N4O4. The Labute approximate surface area is 195 Å². The first-order valence-electron chi connectivity index (χ1n) is 10.7. The van der Waals surface area contributed by atoms with Crippen LogP contribution in [0.4, 0.5) is 5.82 Å². The summed E-state index contributed by atoms with van der Waals surface area (Å²) < 4.78 is 13.7. The molecule has 0 aliphatic rings. The number of benzene rings is 3. The van der Waals surface area contributed by atoms with Crippen LogP contribution in [-0.4, -0.2) is 33.7 Å². The SMILES string of the molecule is COc1ccc(Cn2c(=O)c3c(N)n(-c4ccccc4C)nc3c3c(O)cc(OC)cc32)cc1. The number of aromatic hydroxyl groups is 1. The minimum Gasteiger partial charge on any atom is -0.507 e. The molecule has 0 amide bonds. The summed E-state index contributed by atoms with van der Waals surface area (Å²) in [7, 11) is 3.11. The number of methoxy groups -OCH3 is 2.